The Morgan fingerprint density at radius 2 is 2.08 bits per heavy atom. The Morgan fingerprint density at radius 1 is 1.29 bits per heavy atom. The van der Waals surface area contributed by atoms with Gasteiger partial charge in [0.25, 0.3) is 0 Å². The van der Waals surface area contributed by atoms with E-state index in [1.807, 2.05) is 25.2 Å². The highest BCUT2D eigenvalue weighted by Gasteiger charge is 2.18. The first-order chi connectivity index (χ1) is 11.6. The molecule has 2 rings (SSSR count). The standard InChI is InChI=1S/C18H28N2O4/c1-20(13-15-6-4-5-11-24-15)18(21)19-10-9-14-7-8-16(22-2)17(12-14)23-3/h7-8,12,15H,4-6,9-11,13H2,1-3H3,(H,19,21). The number of nitrogens with one attached hydrogen (secondary N) is 1. The maximum Gasteiger partial charge on any atom is 0.317 e. The molecule has 6 nitrogen and oxygen atoms in total. The first-order valence-corrected chi connectivity index (χ1v) is 8.45. The largest absolute Gasteiger partial charge is 0.493 e. The number of carbonyl (C=O) groups excluding carboxylic acids is 1. The molecule has 1 aliphatic heterocycles. The van der Waals surface area contributed by atoms with Crippen molar-refractivity contribution in [3.63, 3.8) is 0 Å². The van der Waals surface area contributed by atoms with Gasteiger partial charge in [0, 0.05) is 26.7 Å². The lowest BCUT2D eigenvalue weighted by molar-refractivity contribution is 0.00388. The Kier molecular flexibility index (Phi) is 7.18. The van der Waals surface area contributed by atoms with Gasteiger partial charge in [0.2, 0.25) is 0 Å². The fourth-order valence-corrected chi connectivity index (χ4v) is 2.82. The van der Waals surface area contributed by atoms with Crippen molar-refractivity contribution in [3.8, 4) is 11.5 Å². The van der Waals surface area contributed by atoms with Crippen LogP contribution in [0.4, 0.5) is 4.79 Å². The summed E-state index contributed by atoms with van der Waals surface area (Å²) in [5, 5.41) is 2.95. The van der Waals surface area contributed by atoms with Gasteiger partial charge in [-0.25, -0.2) is 4.79 Å². The highest BCUT2D eigenvalue weighted by atomic mass is 16.5. The van der Waals surface area contributed by atoms with Crippen LogP contribution in [0.1, 0.15) is 24.8 Å². The molecule has 1 aromatic carbocycles. The van der Waals surface area contributed by atoms with Crippen LogP contribution in [0.3, 0.4) is 0 Å². The Hall–Kier alpha value is -1.95. The van der Waals surface area contributed by atoms with Crippen LogP contribution < -0.4 is 14.8 Å². The van der Waals surface area contributed by atoms with E-state index in [4.69, 9.17) is 14.2 Å². The average Bonchev–Trinajstić information content (AvgIpc) is 2.62. The van der Waals surface area contributed by atoms with E-state index >= 15 is 0 Å². The molecule has 0 saturated carbocycles. The summed E-state index contributed by atoms with van der Waals surface area (Å²) < 4.78 is 16.2. The van der Waals surface area contributed by atoms with E-state index in [0.717, 1.165) is 31.4 Å². The van der Waals surface area contributed by atoms with Crippen LogP contribution in [0.15, 0.2) is 18.2 Å². The van der Waals surface area contributed by atoms with Crippen LogP contribution in [0, 0.1) is 0 Å². The first-order valence-electron chi connectivity index (χ1n) is 8.45. The molecule has 1 aliphatic rings. The normalized spacial score (nSPS) is 17.2. The van der Waals surface area contributed by atoms with Crippen molar-refractivity contribution in [2.24, 2.45) is 0 Å². The molecule has 1 fully saturated rings. The van der Waals surface area contributed by atoms with Crippen LogP contribution in [-0.4, -0.2) is 58.0 Å². The molecule has 0 bridgehead atoms. The molecule has 1 aromatic rings. The van der Waals surface area contributed by atoms with E-state index < -0.39 is 0 Å². The van der Waals surface area contributed by atoms with Crippen molar-refractivity contribution in [3.05, 3.63) is 23.8 Å². The highest BCUT2D eigenvalue weighted by Crippen LogP contribution is 2.27. The van der Waals surface area contributed by atoms with Crippen molar-refractivity contribution < 1.29 is 19.0 Å². The zero-order chi connectivity index (χ0) is 17.4. The number of hydrogen-bond acceptors (Lipinski definition) is 4. The molecule has 1 heterocycles. The quantitative estimate of drug-likeness (QED) is 0.831. The van der Waals surface area contributed by atoms with Crippen LogP contribution in [0.25, 0.3) is 0 Å². The molecule has 0 aromatic heterocycles. The molecule has 0 spiro atoms. The number of benzene rings is 1. The number of rotatable bonds is 7. The molecule has 24 heavy (non-hydrogen) atoms. The second-order valence-electron chi connectivity index (χ2n) is 6.04. The van der Waals surface area contributed by atoms with E-state index in [-0.39, 0.29) is 12.1 Å². The summed E-state index contributed by atoms with van der Waals surface area (Å²) in [5.74, 6) is 1.41. The van der Waals surface area contributed by atoms with E-state index in [1.54, 1.807) is 19.1 Å². The number of ether oxygens (including phenoxy) is 3. The molecule has 134 valence electrons. The monoisotopic (exact) mass is 336 g/mol. The lowest BCUT2D eigenvalue weighted by Gasteiger charge is -2.27. The molecular weight excluding hydrogens is 308 g/mol. The Labute approximate surface area is 144 Å². The van der Waals surface area contributed by atoms with E-state index in [9.17, 15) is 4.79 Å². The molecule has 0 aliphatic carbocycles. The van der Waals surface area contributed by atoms with Crippen LogP contribution in [0.5, 0.6) is 11.5 Å². The smallest absolute Gasteiger partial charge is 0.317 e. The van der Waals surface area contributed by atoms with Gasteiger partial charge < -0.3 is 24.4 Å². The van der Waals surface area contributed by atoms with Crippen molar-refractivity contribution >= 4 is 6.03 Å². The number of amides is 2. The van der Waals surface area contributed by atoms with Gasteiger partial charge >= 0.3 is 6.03 Å². The molecule has 0 radical (unpaired) electrons. The maximum absolute atomic E-state index is 12.1. The summed E-state index contributed by atoms with van der Waals surface area (Å²) in [5.41, 5.74) is 1.09. The Balaban J connectivity index is 1.75. The van der Waals surface area contributed by atoms with Gasteiger partial charge in [-0.15, -0.1) is 0 Å². The minimum Gasteiger partial charge on any atom is -0.493 e. The van der Waals surface area contributed by atoms with Gasteiger partial charge in [-0.05, 0) is 43.4 Å². The number of urea groups is 1. The van der Waals surface area contributed by atoms with Crippen molar-refractivity contribution in [1.29, 1.82) is 0 Å². The van der Waals surface area contributed by atoms with E-state index in [2.05, 4.69) is 5.32 Å². The number of methoxy groups -OCH3 is 2. The lowest BCUT2D eigenvalue weighted by atomic mass is 10.1. The predicted molar refractivity (Wildman–Crippen MR) is 92.9 cm³/mol. The fourth-order valence-electron chi connectivity index (χ4n) is 2.82. The number of nitrogens with zero attached hydrogens (tertiary/aromatic N) is 1. The highest BCUT2D eigenvalue weighted by molar-refractivity contribution is 5.73. The van der Waals surface area contributed by atoms with Crippen LogP contribution >= 0.6 is 0 Å². The Morgan fingerprint density at radius 3 is 2.75 bits per heavy atom. The predicted octanol–water partition coefficient (Wildman–Crippen LogP) is 2.46. The summed E-state index contributed by atoms with van der Waals surface area (Å²) >= 11 is 0. The van der Waals surface area contributed by atoms with E-state index in [0.29, 0.717) is 24.6 Å². The SMILES string of the molecule is COc1ccc(CCNC(=O)N(C)CC2CCCCO2)cc1OC. The number of hydrogen-bond donors (Lipinski definition) is 1. The van der Waals surface area contributed by atoms with Crippen molar-refractivity contribution in [2.75, 3.05) is 41.0 Å². The molecule has 1 atom stereocenters. The molecule has 6 heteroatoms. The second kappa shape index (κ2) is 9.37. The van der Waals surface area contributed by atoms with E-state index in [1.165, 1.54) is 6.42 Å². The third-order valence-electron chi connectivity index (χ3n) is 4.24. The third kappa shape index (κ3) is 5.30. The topological polar surface area (TPSA) is 60.0 Å². The van der Waals surface area contributed by atoms with Crippen molar-refractivity contribution in [2.45, 2.75) is 31.8 Å². The van der Waals surface area contributed by atoms with Gasteiger partial charge in [0.15, 0.2) is 11.5 Å². The number of carbonyl (C=O) groups is 1. The molecule has 1 unspecified atom stereocenters. The summed E-state index contributed by atoms with van der Waals surface area (Å²) in [4.78, 5) is 13.8. The second-order valence-corrected chi connectivity index (χ2v) is 6.04. The fraction of sp³-hybridized carbons (Fsp3) is 0.611. The zero-order valence-corrected chi connectivity index (χ0v) is 14.8. The molecule has 2 amide bonds. The van der Waals surface area contributed by atoms with Crippen LogP contribution in [-0.2, 0) is 11.2 Å². The minimum absolute atomic E-state index is 0.0651. The van der Waals surface area contributed by atoms with Gasteiger partial charge in [-0.1, -0.05) is 6.07 Å². The van der Waals surface area contributed by atoms with Gasteiger partial charge in [-0.3, -0.25) is 0 Å². The summed E-state index contributed by atoms with van der Waals surface area (Å²) in [6, 6.07) is 5.73. The van der Waals surface area contributed by atoms with Gasteiger partial charge in [-0.2, -0.15) is 0 Å². The van der Waals surface area contributed by atoms with Crippen molar-refractivity contribution in [1.82, 2.24) is 10.2 Å². The first kappa shape index (κ1) is 18.4. The van der Waals surface area contributed by atoms with Crippen LogP contribution in [0.2, 0.25) is 0 Å². The molecule has 1 N–H and O–H groups in total. The lowest BCUT2D eigenvalue weighted by Crippen LogP contribution is -2.43. The minimum atomic E-state index is -0.0651. The van der Waals surface area contributed by atoms with Gasteiger partial charge in [0.1, 0.15) is 0 Å². The molecular formula is C18H28N2O4. The third-order valence-corrected chi connectivity index (χ3v) is 4.24. The van der Waals surface area contributed by atoms with Gasteiger partial charge in [0.05, 0.1) is 20.3 Å². The Bertz CT molecular complexity index is 530. The summed E-state index contributed by atoms with van der Waals surface area (Å²) in [7, 11) is 5.04. The summed E-state index contributed by atoms with van der Waals surface area (Å²) in [6.07, 6.45) is 4.24. The number of likely N-dealkylation sites (N-methyl/N-ethyl adjacent to an activating group) is 1. The average molecular weight is 336 g/mol. The molecule has 1 saturated heterocycles. The summed E-state index contributed by atoms with van der Waals surface area (Å²) in [6.45, 7) is 2.02. The zero-order valence-electron chi connectivity index (χ0n) is 14.8. The maximum atomic E-state index is 12.1.